The third-order valence-electron chi connectivity index (χ3n) is 5.43. The largest absolute Gasteiger partial charge is 0.361 e. The Kier molecular flexibility index (Phi) is 6.43. The van der Waals surface area contributed by atoms with Crippen LogP contribution >= 0.6 is 17.0 Å². The van der Waals surface area contributed by atoms with Crippen molar-refractivity contribution in [2.75, 3.05) is 13.6 Å². The highest BCUT2D eigenvalue weighted by Crippen LogP contribution is 2.26. The molecule has 1 fully saturated rings. The molecule has 1 atom stereocenters. The SMILES string of the molecule is Br.CN1CCCC1Cc1c[nH]c2ccc(C=CS(=O)(=O)c3ccccc3)cc12. The van der Waals surface area contributed by atoms with E-state index in [4.69, 9.17) is 0 Å². The Labute approximate surface area is 177 Å². The standard InChI is InChI=1S/C22H24N2O2S.BrH/c1-24-12-5-6-19(24)15-18-16-23-22-10-9-17(14-21(18)22)11-13-27(25,26)20-7-3-2-4-8-20;/h2-4,7-11,13-14,16,19,23H,5-6,12,15H2,1H3;1H. The van der Waals surface area contributed by atoms with Crippen LogP contribution in [0.5, 0.6) is 0 Å². The first-order valence-corrected chi connectivity index (χ1v) is 10.9. The fourth-order valence-electron chi connectivity index (χ4n) is 3.82. The van der Waals surface area contributed by atoms with Crippen molar-refractivity contribution in [1.29, 1.82) is 0 Å². The molecule has 1 aliphatic rings. The van der Waals surface area contributed by atoms with Crippen molar-refractivity contribution in [3.05, 3.63) is 71.3 Å². The van der Waals surface area contributed by atoms with Gasteiger partial charge in [-0.25, -0.2) is 8.42 Å². The summed E-state index contributed by atoms with van der Waals surface area (Å²) in [7, 11) is -1.24. The van der Waals surface area contributed by atoms with Crippen molar-refractivity contribution in [1.82, 2.24) is 9.88 Å². The number of hydrogen-bond donors (Lipinski definition) is 1. The average molecular weight is 461 g/mol. The second-order valence-electron chi connectivity index (χ2n) is 7.26. The van der Waals surface area contributed by atoms with E-state index in [1.807, 2.05) is 18.2 Å². The summed E-state index contributed by atoms with van der Waals surface area (Å²) < 4.78 is 24.9. The number of fused-ring (bicyclic) bond motifs is 1. The molecule has 1 saturated heterocycles. The first-order valence-electron chi connectivity index (χ1n) is 9.31. The zero-order chi connectivity index (χ0) is 18.9. The van der Waals surface area contributed by atoms with Crippen molar-refractivity contribution in [3.8, 4) is 0 Å². The van der Waals surface area contributed by atoms with Gasteiger partial charge in [0.15, 0.2) is 9.84 Å². The van der Waals surface area contributed by atoms with Gasteiger partial charge in [0.2, 0.25) is 0 Å². The summed E-state index contributed by atoms with van der Waals surface area (Å²) in [4.78, 5) is 6.08. The Bertz CT molecular complexity index is 1070. The highest BCUT2D eigenvalue weighted by Gasteiger charge is 2.22. The zero-order valence-electron chi connectivity index (χ0n) is 15.8. The smallest absolute Gasteiger partial charge is 0.199 e. The Morgan fingerprint density at radius 1 is 1.18 bits per heavy atom. The van der Waals surface area contributed by atoms with E-state index in [0.29, 0.717) is 10.9 Å². The van der Waals surface area contributed by atoms with Gasteiger partial charge in [0.25, 0.3) is 0 Å². The predicted molar refractivity (Wildman–Crippen MR) is 121 cm³/mol. The Morgan fingerprint density at radius 2 is 1.96 bits per heavy atom. The quantitative estimate of drug-likeness (QED) is 0.593. The molecule has 0 radical (unpaired) electrons. The number of H-pyrrole nitrogens is 1. The molecule has 2 heterocycles. The third kappa shape index (κ3) is 4.40. The van der Waals surface area contributed by atoms with E-state index in [1.54, 1.807) is 30.3 Å². The van der Waals surface area contributed by atoms with Crippen LogP contribution in [0.3, 0.4) is 0 Å². The van der Waals surface area contributed by atoms with Gasteiger partial charge in [0.1, 0.15) is 0 Å². The van der Waals surface area contributed by atoms with Crippen LogP contribution in [-0.2, 0) is 16.3 Å². The molecule has 28 heavy (non-hydrogen) atoms. The average Bonchev–Trinajstić information content (AvgIpc) is 3.27. The van der Waals surface area contributed by atoms with Crippen LogP contribution < -0.4 is 0 Å². The molecule has 1 unspecified atom stereocenters. The molecular formula is C22H25BrN2O2S. The number of benzene rings is 2. The van der Waals surface area contributed by atoms with Gasteiger partial charge >= 0.3 is 0 Å². The number of halogens is 1. The molecule has 4 nitrogen and oxygen atoms in total. The number of hydrogen-bond acceptors (Lipinski definition) is 3. The Morgan fingerprint density at radius 3 is 2.68 bits per heavy atom. The van der Waals surface area contributed by atoms with Gasteiger partial charge in [-0.1, -0.05) is 24.3 Å². The summed E-state index contributed by atoms with van der Waals surface area (Å²) >= 11 is 0. The molecule has 0 aliphatic carbocycles. The van der Waals surface area contributed by atoms with Gasteiger partial charge in [-0.15, -0.1) is 17.0 Å². The zero-order valence-corrected chi connectivity index (χ0v) is 18.4. The number of likely N-dealkylation sites (N-methyl/N-ethyl adjacent to an activating group) is 1. The lowest BCUT2D eigenvalue weighted by Crippen LogP contribution is -2.26. The van der Waals surface area contributed by atoms with E-state index >= 15 is 0 Å². The molecule has 0 spiro atoms. The molecule has 1 N–H and O–H groups in total. The normalized spacial score (nSPS) is 18.0. The summed E-state index contributed by atoms with van der Waals surface area (Å²) in [6, 6.07) is 15.1. The Hall–Kier alpha value is -1.89. The lowest BCUT2D eigenvalue weighted by atomic mass is 10.0. The Balaban J connectivity index is 0.00000225. The van der Waals surface area contributed by atoms with Gasteiger partial charge in [-0.05, 0) is 74.3 Å². The molecule has 6 heteroatoms. The summed E-state index contributed by atoms with van der Waals surface area (Å²) in [6.45, 7) is 1.17. The number of aromatic nitrogens is 1. The van der Waals surface area contributed by atoms with E-state index in [-0.39, 0.29) is 17.0 Å². The molecule has 1 aromatic heterocycles. The summed E-state index contributed by atoms with van der Waals surface area (Å²) in [5, 5.41) is 2.47. The van der Waals surface area contributed by atoms with Gasteiger partial charge in [-0.2, -0.15) is 0 Å². The lowest BCUT2D eigenvalue weighted by Gasteiger charge is -2.18. The monoisotopic (exact) mass is 460 g/mol. The second kappa shape index (κ2) is 8.64. The van der Waals surface area contributed by atoms with Gasteiger partial charge < -0.3 is 9.88 Å². The van der Waals surface area contributed by atoms with E-state index in [9.17, 15) is 8.42 Å². The highest BCUT2D eigenvalue weighted by atomic mass is 79.9. The van der Waals surface area contributed by atoms with Crippen LogP contribution in [0.15, 0.2) is 65.0 Å². The van der Waals surface area contributed by atoms with E-state index in [1.165, 1.54) is 35.7 Å². The minimum Gasteiger partial charge on any atom is -0.361 e. The second-order valence-corrected chi connectivity index (χ2v) is 9.09. The summed E-state index contributed by atoms with van der Waals surface area (Å²) in [5.41, 5.74) is 3.28. The van der Waals surface area contributed by atoms with Gasteiger partial charge in [0, 0.05) is 28.5 Å². The number of likely N-dealkylation sites (tertiary alicyclic amines) is 1. The molecule has 0 amide bonds. The molecule has 2 aromatic carbocycles. The molecule has 3 aromatic rings. The van der Waals surface area contributed by atoms with Gasteiger partial charge in [0.05, 0.1) is 4.90 Å². The molecular weight excluding hydrogens is 436 g/mol. The fraction of sp³-hybridized carbons (Fsp3) is 0.273. The summed E-state index contributed by atoms with van der Waals surface area (Å²) in [6.07, 6.45) is 7.28. The number of nitrogens with zero attached hydrogens (tertiary/aromatic N) is 1. The first-order chi connectivity index (χ1) is 13.0. The van der Waals surface area contributed by atoms with Crippen molar-refractivity contribution in [3.63, 3.8) is 0 Å². The van der Waals surface area contributed by atoms with Crippen molar-refractivity contribution >= 4 is 43.8 Å². The minimum atomic E-state index is -3.43. The maximum Gasteiger partial charge on any atom is 0.199 e. The molecule has 148 valence electrons. The maximum absolute atomic E-state index is 12.5. The summed E-state index contributed by atoms with van der Waals surface area (Å²) in [5.74, 6) is 0. The lowest BCUT2D eigenvalue weighted by molar-refractivity contribution is 0.310. The number of sulfone groups is 1. The number of rotatable bonds is 5. The van der Waals surface area contributed by atoms with Crippen LogP contribution in [0.1, 0.15) is 24.0 Å². The van der Waals surface area contributed by atoms with Crippen molar-refractivity contribution in [2.45, 2.75) is 30.2 Å². The third-order valence-corrected chi connectivity index (χ3v) is 6.85. The first kappa shape index (κ1) is 20.8. The minimum absolute atomic E-state index is 0. The highest BCUT2D eigenvalue weighted by molar-refractivity contribution is 8.93. The maximum atomic E-state index is 12.5. The van der Waals surface area contributed by atoms with Crippen molar-refractivity contribution in [2.24, 2.45) is 0 Å². The topological polar surface area (TPSA) is 53.2 Å². The molecule has 4 rings (SSSR count). The number of aromatic amines is 1. The molecule has 1 aliphatic heterocycles. The van der Waals surface area contributed by atoms with Crippen molar-refractivity contribution < 1.29 is 8.42 Å². The van der Waals surface area contributed by atoms with Crippen LogP contribution in [0.2, 0.25) is 0 Å². The van der Waals surface area contributed by atoms with Crippen LogP contribution in [0.4, 0.5) is 0 Å². The van der Waals surface area contributed by atoms with Crippen LogP contribution in [0.25, 0.3) is 17.0 Å². The number of nitrogens with one attached hydrogen (secondary N) is 1. The van der Waals surface area contributed by atoms with Crippen LogP contribution in [0, 0.1) is 0 Å². The van der Waals surface area contributed by atoms with E-state index < -0.39 is 9.84 Å². The predicted octanol–water partition coefficient (Wildman–Crippen LogP) is 4.83. The molecule has 0 bridgehead atoms. The van der Waals surface area contributed by atoms with Crippen LogP contribution in [-0.4, -0.2) is 37.9 Å². The van der Waals surface area contributed by atoms with Gasteiger partial charge in [-0.3, -0.25) is 0 Å². The van der Waals surface area contributed by atoms with E-state index in [0.717, 1.165) is 17.5 Å². The van der Waals surface area contributed by atoms with E-state index in [2.05, 4.69) is 29.2 Å². The fourth-order valence-corrected chi connectivity index (χ4v) is 4.85. The molecule has 0 saturated carbocycles.